The number of allylic oxidation sites excluding steroid dienone is 2. The Morgan fingerprint density at radius 1 is 0.358 bits per heavy atom. The van der Waals surface area contributed by atoms with E-state index in [4.69, 9.17) is 33.2 Å². The van der Waals surface area contributed by atoms with Crippen molar-refractivity contribution >= 4 is 0 Å². The van der Waals surface area contributed by atoms with Crippen LogP contribution < -0.4 is 0 Å². The molecule has 53 heavy (non-hydrogen) atoms. The van der Waals surface area contributed by atoms with Gasteiger partial charge in [-0.2, -0.15) is 0 Å². The Hall–Kier alpha value is -0.800. The van der Waals surface area contributed by atoms with Gasteiger partial charge in [0.05, 0.1) is 13.2 Å². The standard InChI is InChI=1S/C46H90O7/c1-7-9-11-35-41-51-45(39-33-29-25-21-17-13-15-19-23-27-31-37-43(47-3)48-4)53-46(52-42-36-12-10-8-2)40-34-30-26-22-18-14-16-20-24-28-32-38-44(49-5)50-6/h33-34,39-40,43-46H,7-32,35-38,41-42H2,1-6H3. The summed E-state index contributed by atoms with van der Waals surface area (Å²) < 4.78 is 40.1. The second-order valence-corrected chi connectivity index (χ2v) is 14.9. The maximum absolute atomic E-state index is 6.47. The van der Waals surface area contributed by atoms with E-state index in [9.17, 15) is 0 Å². The van der Waals surface area contributed by atoms with E-state index in [2.05, 4.69) is 38.2 Å². The van der Waals surface area contributed by atoms with Gasteiger partial charge >= 0.3 is 0 Å². The van der Waals surface area contributed by atoms with Gasteiger partial charge in [-0.25, -0.2) is 0 Å². The molecule has 0 bridgehead atoms. The molecule has 0 aromatic rings. The number of unbranched alkanes of at least 4 members (excludes halogenated alkanes) is 24. The molecule has 0 heterocycles. The fraction of sp³-hybridized carbons (Fsp3) is 0.913. The number of methoxy groups -OCH3 is 4. The van der Waals surface area contributed by atoms with E-state index in [1.807, 2.05) is 0 Å². The Kier molecular flexibility index (Phi) is 43.3. The van der Waals surface area contributed by atoms with Crippen molar-refractivity contribution in [3.05, 3.63) is 24.3 Å². The van der Waals surface area contributed by atoms with Crippen molar-refractivity contribution in [1.82, 2.24) is 0 Å². The highest BCUT2D eigenvalue weighted by Crippen LogP contribution is 2.16. The SMILES string of the molecule is CCCCCCOC(C=CCCCCCCCCCCCC(OC)OC)OC(C=CCCCCCCCCCCCC(OC)OC)OCCCCCC. The van der Waals surface area contributed by atoms with Crippen LogP contribution in [0.15, 0.2) is 24.3 Å². The molecular formula is C46H90O7. The lowest BCUT2D eigenvalue weighted by Gasteiger charge is -2.22. The Morgan fingerprint density at radius 3 is 0.981 bits per heavy atom. The van der Waals surface area contributed by atoms with Crippen LogP contribution in [0.3, 0.4) is 0 Å². The van der Waals surface area contributed by atoms with E-state index in [1.165, 1.54) is 154 Å². The first-order valence-corrected chi connectivity index (χ1v) is 22.5. The lowest BCUT2D eigenvalue weighted by molar-refractivity contribution is -0.208. The average Bonchev–Trinajstić information content (AvgIpc) is 3.17. The highest BCUT2D eigenvalue weighted by molar-refractivity contribution is 4.89. The predicted octanol–water partition coefficient (Wildman–Crippen LogP) is 13.8. The fourth-order valence-corrected chi connectivity index (χ4v) is 6.57. The van der Waals surface area contributed by atoms with Crippen LogP contribution in [-0.4, -0.2) is 66.8 Å². The molecule has 0 amide bonds. The lowest BCUT2D eigenvalue weighted by Crippen LogP contribution is -2.25. The summed E-state index contributed by atoms with van der Waals surface area (Å²) in [5, 5.41) is 0. The van der Waals surface area contributed by atoms with Crippen LogP contribution in [0.5, 0.6) is 0 Å². The summed E-state index contributed by atoms with van der Waals surface area (Å²) in [5.41, 5.74) is 0. The van der Waals surface area contributed by atoms with Gasteiger partial charge in [0.25, 0.3) is 0 Å². The molecule has 2 atom stereocenters. The van der Waals surface area contributed by atoms with Crippen molar-refractivity contribution < 1.29 is 33.2 Å². The van der Waals surface area contributed by atoms with E-state index in [1.54, 1.807) is 28.4 Å². The third kappa shape index (κ3) is 37.9. The van der Waals surface area contributed by atoms with Gasteiger partial charge in [0.2, 0.25) is 0 Å². The zero-order valence-electron chi connectivity index (χ0n) is 36.1. The van der Waals surface area contributed by atoms with E-state index in [0.717, 1.165) is 51.7 Å². The molecule has 0 aliphatic heterocycles. The maximum Gasteiger partial charge on any atom is 0.180 e. The van der Waals surface area contributed by atoms with Crippen molar-refractivity contribution in [1.29, 1.82) is 0 Å². The second-order valence-electron chi connectivity index (χ2n) is 14.9. The first-order valence-electron chi connectivity index (χ1n) is 22.5. The second kappa shape index (κ2) is 43.9. The highest BCUT2D eigenvalue weighted by atomic mass is 16.8. The van der Waals surface area contributed by atoms with E-state index < -0.39 is 0 Å². The van der Waals surface area contributed by atoms with Gasteiger partial charge in [0, 0.05) is 28.4 Å². The van der Waals surface area contributed by atoms with Gasteiger partial charge in [-0.15, -0.1) is 0 Å². The largest absolute Gasteiger partial charge is 0.356 e. The van der Waals surface area contributed by atoms with Crippen LogP contribution in [0.4, 0.5) is 0 Å². The third-order valence-corrected chi connectivity index (χ3v) is 10.1. The summed E-state index contributed by atoms with van der Waals surface area (Å²) in [4.78, 5) is 0. The van der Waals surface area contributed by atoms with Gasteiger partial charge < -0.3 is 33.2 Å². The average molecular weight is 755 g/mol. The molecule has 0 spiro atoms. The lowest BCUT2D eigenvalue weighted by atomic mass is 10.1. The summed E-state index contributed by atoms with van der Waals surface area (Å²) in [6.07, 6.45) is 44.9. The Labute approximate surface area is 330 Å². The van der Waals surface area contributed by atoms with Crippen LogP contribution in [-0.2, 0) is 33.2 Å². The van der Waals surface area contributed by atoms with Crippen LogP contribution in [0.25, 0.3) is 0 Å². The van der Waals surface area contributed by atoms with Gasteiger partial charge in [0.1, 0.15) is 0 Å². The van der Waals surface area contributed by atoms with E-state index in [-0.39, 0.29) is 25.2 Å². The maximum atomic E-state index is 6.47. The normalized spacial score (nSPS) is 13.4. The van der Waals surface area contributed by atoms with Gasteiger partial charge in [0.15, 0.2) is 25.2 Å². The van der Waals surface area contributed by atoms with Gasteiger partial charge in [-0.1, -0.05) is 154 Å². The van der Waals surface area contributed by atoms with Crippen molar-refractivity contribution in [3.63, 3.8) is 0 Å². The van der Waals surface area contributed by atoms with Crippen LogP contribution in [0.2, 0.25) is 0 Å². The third-order valence-electron chi connectivity index (χ3n) is 10.1. The zero-order valence-corrected chi connectivity index (χ0v) is 36.1. The van der Waals surface area contributed by atoms with Crippen molar-refractivity contribution in [2.75, 3.05) is 41.7 Å². The summed E-state index contributed by atoms with van der Waals surface area (Å²) >= 11 is 0. The van der Waals surface area contributed by atoms with Crippen molar-refractivity contribution in [2.24, 2.45) is 0 Å². The summed E-state index contributed by atoms with van der Waals surface area (Å²) in [7, 11) is 6.88. The van der Waals surface area contributed by atoms with Crippen molar-refractivity contribution in [2.45, 2.75) is 232 Å². The summed E-state index contributed by atoms with van der Waals surface area (Å²) in [6, 6.07) is 0. The molecule has 0 aromatic heterocycles. The highest BCUT2D eigenvalue weighted by Gasteiger charge is 2.14. The molecule has 0 saturated heterocycles. The minimum absolute atomic E-state index is 0.0425. The van der Waals surface area contributed by atoms with Crippen LogP contribution in [0.1, 0.15) is 206 Å². The molecule has 0 aromatic carbocycles. The number of hydrogen-bond acceptors (Lipinski definition) is 7. The Balaban J connectivity index is 4.56. The number of rotatable bonds is 44. The molecule has 0 radical (unpaired) electrons. The van der Waals surface area contributed by atoms with Crippen LogP contribution in [0, 0.1) is 0 Å². The van der Waals surface area contributed by atoms with Gasteiger partial charge in [-0.05, 0) is 76.4 Å². The summed E-state index contributed by atoms with van der Waals surface area (Å²) in [6.45, 7) is 5.95. The van der Waals surface area contributed by atoms with Crippen molar-refractivity contribution in [3.8, 4) is 0 Å². The molecule has 7 heteroatoms. The topological polar surface area (TPSA) is 64.6 Å². The number of hydrogen-bond donors (Lipinski definition) is 0. The molecule has 0 aliphatic carbocycles. The van der Waals surface area contributed by atoms with E-state index in [0.29, 0.717) is 0 Å². The molecule has 0 saturated carbocycles. The van der Waals surface area contributed by atoms with Crippen LogP contribution >= 0.6 is 0 Å². The molecule has 7 nitrogen and oxygen atoms in total. The molecule has 0 aliphatic rings. The monoisotopic (exact) mass is 755 g/mol. The molecular weight excluding hydrogens is 664 g/mol. The first-order chi connectivity index (χ1) is 26.1. The predicted molar refractivity (Wildman–Crippen MR) is 224 cm³/mol. The Morgan fingerprint density at radius 2 is 0.660 bits per heavy atom. The summed E-state index contributed by atoms with van der Waals surface area (Å²) in [5.74, 6) is 0. The number of ether oxygens (including phenoxy) is 7. The fourth-order valence-electron chi connectivity index (χ4n) is 6.57. The quantitative estimate of drug-likeness (QED) is 0.0349. The molecule has 2 unspecified atom stereocenters. The molecule has 0 N–H and O–H groups in total. The van der Waals surface area contributed by atoms with E-state index >= 15 is 0 Å². The Bertz CT molecular complexity index is 677. The smallest absolute Gasteiger partial charge is 0.180 e. The molecule has 316 valence electrons. The van der Waals surface area contributed by atoms with Gasteiger partial charge in [-0.3, -0.25) is 0 Å². The minimum Gasteiger partial charge on any atom is -0.356 e. The zero-order chi connectivity index (χ0) is 38.7. The molecule has 0 fully saturated rings. The molecule has 0 rings (SSSR count). The minimum atomic E-state index is -0.369. The first kappa shape index (κ1) is 52.2.